The fourth-order valence-electron chi connectivity index (χ4n) is 9.25. The number of hydrogen-bond donors (Lipinski definition) is 0. The number of fused-ring (bicyclic) bond motifs is 5. The number of halogens is 1. The highest BCUT2D eigenvalue weighted by atomic mass is 79.9. The molecule has 0 aromatic rings. The maximum Gasteiger partial charge on any atom is 0.203 e. The van der Waals surface area contributed by atoms with Crippen molar-refractivity contribution in [1.82, 2.24) is 0 Å². The van der Waals surface area contributed by atoms with Gasteiger partial charge in [0.2, 0.25) is 5.12 Å². The Labute approximate surface area is 229 Å². The minimum absolute atomic E-state index is 0.00961. The van der Waals surface area contributed by atoms with Gasteiger partial charge >= 0.3 is 0 Å². The van der Waals surface area contributed by atoms with Crippen molar-refractivity contribution < 1.29 is 4.79 Å². The number of rotatable bonds is 8. The molecule has 4 aliphatic rings. The van der Waals surface area contributed by atoms with Crippen LogP contribution >= 0.6 is 27.7 Å². The lowest BCUT2D eigenvalue weighted by molar-refractivity contribution is -0.111. The summed E-state index contributed by atoms with van der Waals surface area (Å²) in [5.74, 6) is 5.74. The van der Waals surface area contributed by atoms with Gasteiger partial charge in [0.1, 0.15) is 0 Å². The standard InChI is InChI=1S/C32H53BrOS/c1-20(2)9-8-10-22(5)26-13-14-27-25-12-11-23-19-24(35-30(34)29(33)21(3)4)15-17-31(23,6)28(25)16-18-32(26,27)7/h11,20-22,24-29H,8-10,12-19H2,1-7H3/t22-,24+,25-,26-,27+,28-,29-,31+,32-/m1/s1. The van der Waals surface area contributed by atoms with Crippen LogP contribution in [0.25, 0.3) is 0 Å². The summed E-state index contributed by atoms with van der Waals surface area (Å²) in [5, 5.41) is 0.824. The van der Waals surface area contributed by atoms with E-state index >= 15 is 0 Å². The molecule has 1 nitrogen and oxygen atoms in total. The molecule has 3 fully saturated rings. The SMILES string of the molecule is CC(C)CCC[C@@H](C)[C@H]1CC[C@H]2[C@H]3CC=C4C[C@@H](SC(=O)[C@H](Br)C(C)C)CC[C@]4(C)[C@@H]3CC[C@]12C. The lowest BCUT2D eigenvalue weighted by atomic mass is 9.47. The Morgan fingerprint density at radius 1 is 1.03 bits per heavy atom. The molecule has 0 unspecified atom stereocenters. The fraction of sp³-hybridized carbons (Fsp3) is 0.906. The third-order valence-electron chi connectivity index (χ3n) is 11.4. The molecule has 35 heavy (non-hydrogen) atoms. The third-order valence-corrected chi connectivity index (χ3v) is 14.4. The molecule has 4 rings (SSSR count). The second kappa shape index (κ2) is 11.2. The van der Waals surface area contributed by atoms with Crippen LogP contribution in [0, 0.1) is 52.3 Å². The molecule has 0 saturated heterocycles. The van der Waals surface area contributed by atoms with Crippen LogP contribution < -0.4 is 0 Å². The van der Waals surface area contributed by atoms with Crippen molar-refractivity contribution in [2.45, 2.75) is 129 Å². The molecule has 0 amide bonds. The lowest BCUT2D eigenvalue weighted by Gasteiger charge is -2.58. The maximum absolute atomic E-state index is 12.8. The van der Waals surface area contributed by atoms with Crippen LogP contribution in [-0.4, -0.2) is 15.2 Å². The molecular weight excluding hydrogens is 512 g/mol. The van der Waals surface area contributed by atoms with Crippen molar-refractivity contribution in [1.29, 1.82) is 0 Å². The van der Waals surface area contributed by atoms with Crippen molar-refractivity contribution in [3.05, 3.63) is 11.6 Å². The van der Waals surface area contributed by atoms with Crippen LogP contribution in [0.15, 0.2) is 11.6 Å². The molecule has 0 N–H and O–H groups in total. The average Bonchev–Trinajstić information content (AvgIpc) is 3.15. The first-order valence-electron chi connectivity index (χ1n) is 15.0. The second-order valence-electron chi connectivity index (χ2n) is 14.2. The van der Waals surface area contributed by atoms with Crippen molar-refractivity contribution >= 4 is 32.8 Å². The zero-order valence-corrected chi connectivity index (χ0v) is 26.1. The highest BCUT2D eigenvalue weighted by Gasteiger charge is 2.59. The molecule has 0 radical (unpaired) electrons. The van der Waals surface area contributed by atoms with Gasteiger partial charge in [0.15, 0.2) is 0 Å². The molecule has 0 spiro atoms. The van der Waals surface area contributed by atoms with Crippen molar-refractivity contribution in [3.63, 3.8) is 0 Å². The molecule has 0 aromatic heterocycles. The van der Waals surface area contributed by atoms with Gasteiger partial charge in [-0.05, 0) is 104 Å². The summed E-state index contributed by atoms with van der Waals surface area (Å²) in [6.45, 7) is 16.9. The number of thioether (sulfide) groups is 1. The van der Waals surface area contributed by atoms with Crippen LogP contribution in [0.3, 0.4) is 0 Å². The number of alkyl halides is 1. The van der Waals surface area contributed by atoms with Gasteiger partial charge in [-0.1, -0.05) is 107 Å². The summed E-state index contributed by atoms with van der Waals surface area (Å²) in [5.41, 5.74) is 2.67. The fourth-order valence-corrected chi connectivity index (χ4v) is 10.8. The van der Waals surface area contributed by atoms with E-state index in [4.69, 9.17) is 0 Å². The third kappa shape index (κ3) is 5.53. The smallest absolute Gasteiger partial charge is 0.203 e. The van der Waals surface area contributed by atoms with E-state index in [9.17, 15) is 4.79 Å². The van der Waals surface area contributed by atoms with E-state index in [0.29, 0.717) is 27.1 Å². The molecule has 0 aliphatic heterocycles. The van der Waals surface area contributed by atoms with Gasteiger partial charge in [-0.3, -0.25) is 4.79 Å². The Morgan fingerprint density at radius 3 is 2.46 bits per heavy atom. The van der Waals surface area contributed by atoms with Crippen LogP contribution in [0.5, 0.6) is 0 Å². The zero-order chi connectivity index (χ0) is 25.5. The van der Waals surface area contributed by atoms with Crippen LogP contribution in [0.2, 0.25) is 0 Å². The first-order chi connectivity index (χ1) is 16.5. The topological polar surface area (TPSA) is 17.1 Å². The van der Waals surface area contributed by atoms with E-state index in [1.54, 1.807) is 17.3 Å². The maximum atomic E-state index is 12.8. The first-order valence-corrected chi connectivity index (χ1v) is 16.8. The molecule has 9 atom stereocenters. The number of hydrogen-bond acceptors (Lipinski definition) is 2. The summed E-state index contributed by atoms with van der Waals surface area (Å²) in [6.07, 6.45) is 17.7. The minimum atomic E-state index is -0.00961. The van der Waals surface area contributed by atoms with Gasteiger partial charge in [-0.25, -0.2) is 0 Å². The zero-order valence-electron chi connectivity index (χ0n) is 23.7. The van der Waals surface area contributed by atoms with Gasteiger partial charge in [0, 0.05) is 5.25 Å². The van der Waals surface area contributed by atoms with E-state index in [-0.39, 0.29) is 4.83 Å². The Kier molecular flexibility index (Phi) is 9.00. The molecule has 0 aromatic carbocycles. The first kappa shape index (κ1) is 28.3. The van der Waals surface area contributed by atoms with Gasteiger partial charge in [0.25, 0.3) is 0 Å². The highest BCUT2D eigenvalue weighted by Crippen LogP contribution is 2.67. The highest BCUT2D eigenvalue weighted by molar-refractivity contribution is 9.10. The second-order valence-corrected chi connectivity index (χ2v) is 16.5. The number of carbonyl (C=O) groups excluding carboxylic acids is 1. The number of allylic oxidation sites excluding steroid dienone is 2. The summed E-state index contributed by atoms with van der Waals surface area (Å²) in [6, 6.07) is 0. The van der Waals surface area contributed by atoms with E-state index in [1.807, 2.05) is 0 Å². The quantitative estimate of drug-likeness (QED) is 0.215. The van der Waals surface area contributed by atoms with Crippen LogP contribution in [-0.2, 0) is 4.79 Å². The largest absolute Gasteiger partial charge is 0.286 e. The van der Waals surface area contributed by atoms with Gasteiger partial charge in [0.05, 0.1) is 4.83 Å². The molecule has 4 aliphatic carbocycles. The van der Waals surface area contributed by atoms with Crippen molar-refractivity contribution in [3.8, 4) is 0 Å². The molecule has 0 bridgehead atoms. The monoisotopic (exact) mass is 564 g/mol. The van der Waals surface area contributed by atoms with Gasteiger partial charge in [-0.15, -0.1) is 0 Å². The molecule has 3 heteroatoms. The average molecular weight is 566 g/mol. The van der Waals surface area contributed by atoms with Crippen molar-refractivity contribution in [2.24, 2.45) is 52.3 Å². The van der Waals surface area contributed by atoms with E-state index in [2.05, 4.69) is 70.5 Å². The minimum Gasteiger partial charge on any atom is -0.286 e. The van der Waals surface area contributed by atoms with Crippen molar-refractivity contribution in [2.75, 3.05) is 0 Å². The molecule has 200 valence electrons. The molecule has 0 heterocycles. The Balaban J connectivity index is 1.43. The molecule has 3 saturated carbocycles. The van der Waals surface area contributed by atoms with E-state index in [0.717, 1.165) is 41.9 Å². The normalized spacial score (nSPS) is 40.6. The number of carbonyl (C=O) groups is 1. The summed E-state index contributed by atoms with van der Waals surface area (Å²) in [7, 11) is 0. The van der Waals surface area contributed by atoms with Gasteiger partial charge < -0.3 is 0 Å². The Hall–Kier alpha value is 0.240. The van der Waals surface area contributed by atoms with Crippen LogP contribution in [0.4, 0.5) is 0 Å². The van der Waals surface area contributed by atoms with Crippen LogP contribution in [0.1, 0.15) is 119 Å². The summed E-state index contributed by atoms with van der Waals surface area (Å²) >= 11 is 5.28. The summed E-state index contributed by atoms with van der Waals surface area (Å²) < 4.78 is 0. The molecular formula is C32H53BrOS. The van der Waals surface area contributed by atoms with E-state index in [1.165, 1.54) is 64.2 Å². The predicted molar refractivity (Wildman–Crippen MR) is 157 cm³/mol. The lowest BCUT2D eigenvalue weighted by Crippen LogP contribution is -2.50. The van der Waals surface area contributed by atoms with Gasteiger partial charge in [-0.2, -0.15) is 0 Å². The Bertz CT molecular complexity index is 788. The Morgan fingerprint density at radius 2 is 1.77 bits per heavy atom. The predicted octanol–water partition coefficient (Wildman–Crippen LogP) is 10.1. The van der Waals surface area contributed by atoms with E-state index < -0.39 is 0 Å². The summed E-state index contributed by atoms with van der Waals surface area (Å²) in [4.78, 5) is 12.8.